The van der Waals surface area contributed by atoms with E-state index >= 15 is 0 Å². The van der Waals surface area contributed by atoms with Gasteiger partial charge in [-0.25, -0.2) is 4.79 Å². The van der Waals surface area contributed by atoms with Crippen molar-refractivity contribution >= 4 is 5.97 Å². The quantitative estimate of drug-likeness (QED) is 0.662. The molecule has 1 atom stereocenters. The van der Waals surface area contributed by atoms with Gasteiger partial charge in [0.15, 0.2) is 5.43 Å². The fourth-order valence-electron chi connectivity index (χ4n) is 4.59. The fourth-order valence-corrected chi connectivity index (χ4v) is 4.59. The van der Waals surface area contributed by atoms with Gasteiger partial charge in [-0.15, -0.1) is 0 Å². The highest BCUT2D eigenvalue weighted by Crippen LogP contribution is 2.49. The molecular weight excluding hydrogens is 412 g/mol. The zero-order valence-corrected chi connectivity index (χ0v) is 18.4. The topological polar surface area (TPSA) is 90.2 Å². The van der Waals surface area contributed by atoms with E-state index in [0.29, 0.717) is 28.8 Å². The van der Waals surface area contributed by atoms with Gasteiger partial charge in [0.25, 0.3) is 0 Å². The summed E-state index contributed by atoms with van der Waals surface area (Å²) in [4.78, 5) is 24.4. The molecule has 0 saturated carbocycles. The van der Waals surface area contributed by atoms with E-state index in [0.717, 1.165) is 13.5 Å². The number of fused-ring (bicyclic) bond motifs is 6. The van der Waals surface area contributed by atoms with Crippen LogP contribution in [0.3, 0.4) is 0 Å². The Kier molecular flexibility index (Phi) is 4.27. The van der Waals surface area contributed by atoms with E-state index in [1.54, 1.807) is 16.8 Å². The number of carboxylic acids is 1. The van der Waals surface area contributed by atoms with E-state index in [4.69, 9.17) is 17.7 Å². The van der Waals surface area contributed by atoms with Crippen molar-refractivity contribution in [1.82, 2.24) is 4.68 Å². The highest BCUT2D eigenvalue weighted by atomic mass is 16.5. The highest BCUT2D eigenvalue weighted by Gasteiger charge is 2.45. The van der Waals surface area contributed by atoms with Crippen LogP contribution in [0.2, 0.25) is 0 Å². The Balaban J connectivity index is 1.94. The lowest BCUT2D eigenvalue weighted by Gasteiger charge is -2.44. The number of carbonyl (C=O) groups is 1. The maximum Gasteiger partial charge on any atom is 0.341 e. The van der Waals surface area contributed by atoms with Crippen molar-refractivity contribution in [3.8, 4) is 17.0 Å². The molecule has 2 aliphatic heterocycles. The number of methoxy groups -OCH3 is 2. The van der Waals surface area contributed by atoms with Crippen LogP contribution >= 0.6 is 0 Å². The van der Waals surface area contributed by atoms with Crippen molar-refractivity contribution in [2.24, 2.45) is 0 Å². The molecule has 8 heteroatoms. The maximum atomic E-state index is 12.7. The van der Waals surface area contributed by atoms with E-state index in [1.807, 2.05) is 18.9 Å². The third-order valence-corrected chi connectivity index (χ3v) is 5.97. The van der Waals surface area contributed by atoms with Gasteiger partial charge in [-0.3, -0.25) is 14.5 Å². The van der Waals surface area contributed by atoms with Crippen LogP contribution in [0, 0.1) is 0 Å². The predicted molar refractivity (Wildman–Crippen MR) is 120 cm³/mol. The molecule has 0 spiro atoms. The lowest BCUT2D eigenvalue weighted by atomic mass is 9.92. The number of hydrogen-bond acceptors (Lipinski definition) is 6. The average molecular weight is 449 g/mol. The van der Waals surface area contributed by atoms with Crippen LogP contribution in [0.1, 0.15) is 68.8 Å². The number of pyridine rings is 1. The van der Waals surface area contributed by atoms with Crippen LogP contribution < -0.4 is 15.2 Å². The van der Waals surface area contributed by atoms with Gasteiger partial charge in [0.2, 0.25) is 0 Å². The number of nitrogens with zero attached hydrogens (tertiary/aromatic N) is 2. The molecular formula is C24H30N2O6. The minimum absolute atomic E-state index is 0.0472. The molecule has 3 heterocycles. The van der Waals surface area contributed by atoms with Crippen molar-refractivity contribution in [3.63, 3.8) is 0 Å². The summed E-state index contributed by atoms with van der Waals surface area (Å²) in [5.41, 5.74) is 0.611. The molecule has 1 fully saturated rings. The number of aromatic nitrogens is 1. The Morgan fingerprint density at radius 3 is 2.72 bits per heavy atom. The molecule has 2 aromatic rings. The summed E-state index contributed by atoms with van der Waals surface area (Å²) >= 11 is 0. The van der Waals surface area contributed by atoms with Crippen molar-refractivity contribution in [2.75, 3.05) is 32.3 Å². The first-order valence-electron chi connectivity index (χ1n) is 13.2. The molecule has 0 amide bonds. The summed E-state index contributed by atoms with van der Waals surface area (Å²) in [7, 11) is 2.36. The molecule has 8 nitrogen and oxygen atoms in total. The molecule has 4 rings (SSSR count). The molecule has 1 aromatic heterocycles. The summed E-state index contributed by atoms with van der Waals surface area (Å²) in [6.07, 6.45) is -0.484. The van der Waals surface area contributed by atoms with Gasteiger partial charge in [-0.2, -0.15) is 0 Å². The SMILES string of the molecule is [2H]C([2H])(OC)C([2H])([2H])C([2H])([2H])Oc1cc2c(cc1COC)-c1cc(=O)c(C(=O)O)cn1N1[C@@H]2CCC1(C)C. The molecule has 0 radical (unpaired) electrons. The number of benzene rings is 1. The Bertz CT molecular complexity index is 1340. The van der Waals surface area contributed by atoms with Gasteiger partial charge < -0.3 is 19.3 Å². The number of carboxylic acid groups (broad SMARTS) is 1. The van der Waals surface area contributed by atoms with Crippen LogP contribution in [0.4, 0.5) is 0 Å². The third-order valence-electron chi connectivity index (χ3n) is 5.97. The second-order valence-corrected chi connectivity index (χ2v) is 8.41. The number of rotatable bonds is 8. The summed E-state index contributed by atoms with van der Waals surface area (Å²) < 4.78 is 65.6. The zero-order chi connectivity index (χ0) is 28.4. The van der Waals surface area contributed by atoms with Gasteiger partial charge in [0, 0.05) is 53.3 Å². The molecule has 0 aliphatic carbocycles. The normalized spacial score (nSPS) is 22.2. The van der Waals surface area contributed by atoms with Crippen molar-refractivity contribution in [1.29, 1.82) is 0 Å². The highest BCUT2D eigenvalue weighted by molar-refractivity contribution is 5.88. The molecule has 0 unspecified atom stereocenters. The van der Waals surface area contributed by atoms with E-state index in [9.17, 15) is 14.7 Å². The molecule has 172 valence electrons. The summed E-state index contributed by atoms with van der Waals surface area (Å²) in [5.74, 6) is -1.38. The first-order chi connectivity index (χ1) is 17.5. The van der Waals surface area contributed by atoms with Crippen molar-refractivity contribution < 1.29 is 32.3 Å². The summed E-state index contributed by atoms with van der Waals surface area (Å²) in [5, 5.41) is 11.5. The van der Waals surface area contributed by atoms with Gasteiger partial charge in [0.05, 0.1) is 35.9 Å². The molecule has 2 aliphatic rings. The Morgan fingerprint density at radius 1 is 1.25 bits per heavy atom. The molecule has 1 aromatic carbocycles. The minimum Gasteiger partial charge on any atom is -0.493 e. The molecule has 32 heavy (non-hydrogen) atoms. The summed E-state index contributed by atoms with van der Waals surface area (Å²) in [6, 6.07) is 4.19. The average Bonchev–Trinajstić information content (AvgIpc) is 3.14. The number of hydrogen-bond donors (Lipinski definition) is 1. The Hall–Kier alpha value is -2.84. The monoisotopic (exact) mass is 448 g/mol. The number of ether oxygens (including phenoxy) is 3. The van der Waals surface area contributed by atoms with E-state index in [2.05, 4.69) is 4.74 Å². The first kappa shape index (κ1) is 15.9. The Morgan fingerprint density at radius 2 is 2.03 bits per heavy atom. The van der Waals surface area contributed by atoms with Crippen LogP contribution in [-0.4, -0.2) is 48.6 Å². The second-order valence-electron chi connectivity index (χ2n) is 8.41. The predicted octanol–water partition coefficient (Wildman–Crippen LogP) is 3.34. The number of aromatic carboxylic acids is 1. The van der Waals surface area contributed by atoms with E-state index in [1.165, 1.54) is 19.4 Å². The minimum atomic E-state index is -3.20. The largest absolute Gasteiger partial charge is 0.493 e. The van der Waals surface area contributed by atoms with Crippen molar-refractivity contribution in [2.45, 2.75) is 51.2 Å². The first-order valence-corrected chi connectivity index (χ1v) is 10.2. The van der Waals surface area contributed by atoms with Crippen molar-refractivity contribution in [3.05, 3.63) is 51.3 Å². The van der Waals surface area contributed by atoms with Crippen LogP contribution in [0.15, 0.2) is 29.2 Å². The fraction of sp³-hybridized carbons (Fsp3) is 0.500. The van der Waals surface area contributed by atoms with Gasteiger partial charge >= 0.3 is 5.97 Å². The summed E-state index contributed by atoms with van der Waals surface area (Å²) in [6.45, 7) is -2.22. The lowest BCUT2D eigenvalue weighted by Crippen LogP contribution is -2.50. The molecule has 0 bridgehead atoms. The van der Waals surface area contributed by atoms with Gasteiger partial charge in [0.1, 0.15) is 11.3 Å². The van der Waals surface area contributed by atoms with E-state index in [-0.39, 0.29) is 24.0 Å². The molecule has 1 saturated heterocycles. The second kappa shape index (κ2) is 8.60. The van der Waals surface area contributed by atoms with Crippen LogP contribution in [0.25, 0.3) is 11.3 Å². The zero-order valence-electron chi connectivity index (χ0n) is 24.4. The smallest absolute Gasteiger partial charge is 0.341 e. The standard InChI is InChI=1S/C24H30N2O6/c1-24(2)7-6-19-17-11-22(32-9-5-8-30-3)15(14-31-4)10-16(17)20-12-21(27)18(23(28)29)13-25(20)26(19)24/h10-13,19H,5-9,14H2,1-4H3,(H,28,29)/t19-/m1/s1/i5D2,8D2,9D2. The maximum absolute atomic E-state index is 12.7. The van der Waals surface area contributed by atoms with Crippen LogP contribution in [0.5, 0.6) is 5.75 Å². The van der Waals surface area contributed by atoms with Gasteiger partial charge in [-0.05, 0) is 44.4 Å². The third kappa shape index (κ3) is 3.78. The molecule has 1 N–H and O–H groups in total. The van der Waals surface area contributed by atoms with Gasteiger partial charge in [-0.1, -0.05) is 0 Å². The Labute approximate surface area is 195 Å². The van der Waals surface area contributed by atoms with Crippen LogP contribution in [-0.2, 0) is 16.1 Å². The van der Waals surface area contributed by atoms with E-state index < -0.39 is 36.4 Å². The lowest BCUT2D eigenvalue weighted by molar-refractivity contribution is 0.0694.